The zero-order valence-corrected chi connectivity index (χ0v) is 19.0. The van der Waals surface area contributed by atoms with Gasteiger partial charge in [-0.3, -0.25) is 0 Å². The van der Waals surface area contributed by atoms with Gasteiger partial charge < -0.3 is 19.9 Å². The molecule has 1 aliphatic carbocycles. The molecule has 1 saturated carbocycles. The Hall–Kier alpha value is -2.08. The first-order chi connectivity index (χ1) is 15.0. The van der Waals surface area contributed by atoms with E-state index >= 15 is 0 Å². The van der Waals surface area contributed by atoms with E-state index in [2.05, 4.69) is 12.2 Å². The van der Waals surface area contributed by atoms with Crippen LogP contribution in [0.5, 0.6) is 5.75 Å². The number of esters is 1. The summed E-state index contributed by atoms with van der Waals surface area (Å²) in [4.78, 5) is 12.2. The number of ether oxygens (including phenoxy) is 2. The molecule has 168 valence electrons. The molecule has 0 aromatic heterocycles. The van der Waals surface area contributed by atoms with Gasteiger partial charge in [-0.2, -0.15) is 0 Å². The van der Waals surface area contributed by atoms with Crippen molar-refractivity contribution in [2.45, 2.75) is 57.3 Å². The lowest BCUT2D eigenvalue weighted by atomic mass is 10.0. The van der Waals surface area contributed by atoms with Crippen LogP contribution in [0.2, 0.25) is 5.02 Å². The smallest absolute Gasteiger partial charge is 0.347 e. The number of hydrogen-bond donors (Lipinski definition) is 2. The van der Waals surface area contributed by atoms with E-state index in [9.17, 15) is 9.90 Å². The van der Waals surface area contributed by atoms with Crippen molar-refractivity contribution in [3.8, 4) is 5.75 Å². The zero-order valence-electron chi connectivity index (χ0n) is 18.2. The van der Waals surface area contributed by atoms with E-state index in [1.54, 1.807) is 12.1 Å². The van der Waals surface area contributed by atoms with Gasteiger partial charge in [0.1, 0.15) is 5.75 Å². The Morgan fingerprint density at radius 1 is 1.19 bits per heavy atom. The zero-order chi connectivity index (χ0) is 22.2. The molecule has 0 radical (unpaired) electrons. The average molecular weight is 446 g/mol. The number of hydrogen-bond acceptors (Lipinski definition) is 5. The van der Waals surface area contributed by atoms with Crippen LogP contribution in [0.1, 0.15) is 49.8 Å². The van der Waals surface area contributed by atoms with Crippen LogP contribution in [0, 0.1) is 5.92 Å². The Labute approximate surface area is 189 Å². The van der Waals surface area contributed by atoms with E-state index in [0.29, 0.717) is 17.3 Å². The lowest BCUT2D eigenvalue weighted by Gasteiger charge is -2.22. The number of nitrogens with one attached hydrogen (secondary N) is 1. The minimum Gasteiger partial charge on any atom is -0.478 e. The second-order valence-corrected chi connectivity index (χ2v) is 8.77. The van der Waals surface area contributed by atoms with Crippen molar-refractivity contribution in [1.82, 2.24) is 5.32 Å². The van der Waals surface area contributed by atoms with Crippen molar-refractivity contribution in [2.24, 2.45) is 5.92 Å². The highest BCUT2D eigenvalue weighted by molar-refractivity contribution is 6.30. The summed E-state index contributed by atoms with van der Waals surface area (Å²) >= 11 is 6.00. The Bertz CT molecular complexity index is 836. The first-order valence-corrected chi connectivity index (χ1v) is 11.3. The maximum atomic E-state index is 12.2. The van der Waals surface area contributed by atoms with Crippen LogP contribution < -0.4 is 10.1 Å². The number of aliphatic hydroxyl groups is 1. The van der Waals surface area contributed by atoms with E-state index in [1.807, 2.05) is 36.4 Å². The number of aliphatic hydroxyl groups excluding tert-OH is 1. The van der Waals surface area contributed by atoms with Crippen LogP contribution in [0.15, 0.2) is 48.5 Å². The van der Waals surface area contributed by atoms with Crippen molar-refractivity contribution in [1.29, 1.82) is 0 Å². The molecule has 2 aromatic rings. The fourth-order valence-corrected chi connectivity index (χ4v) is 4.33. The first kappa shape index (κ1) is 23.6. The predicted molar refractivity (Wildman–Crippen MR) is 122 cm³/mol. The number of halogens is 1. The van der Waals surface area contributed by atoms with Crippen molar-refractivity contribution >= 4 is 17.6 Å². The summed E-state index contributed by atoms with van der Waals surface area (Å²) in [6, 6.07) is 15.3. The quantitative estimate of drug-likeness (QED) is 0.518. The van der Waals surface area contributed by atoms with E-state index in [0.717, 1.165) is 43.2 Å². The maximum Gasteiger partial charge on any atom is 0.347 e. The van der Waals surface area contributed by atoms with E-state index in [4.69, 9.17) is 21.1 Å². The van der Waals surface area contributed by atoms with Gasteiger partial charge >= 0.3 is 5.97 Å². The third-order valence-corrected chi connectivity index (χ3v) is 6.12. The number of carbonyl (C=O) groups excluding carboxylic acids is 1. The van der Waals surface area contributed by atoms with Gasteiger partial charge in [-0.05, 0) is 61.6 Å². The molecule has 3 unspecified atom stereocenters. The minimum absolute atomic E-state index is 0.182. The molecule has 2 N–H and O–H groups in total. The molecule has 0 saturated heterocycles. The standard InChI is InChI=1S/C25H32ClNO4/c1-17(27-16-23(28)20-8-5-9-21(26)15-20)14-18-10-12-22(13-11-18)31-24(25(29)30-2)19-6-3-4-7-19/h5,8-13,15,17,19,23-24,27-28H,3-4,6-7,14,16H2,1-2H3. The largest absolute Gasteiger partial charge is 0.478 e. The third-order valence-electron chi connectivity index (χ3n) is 5.88. The molecule has 1 fully saturated rings. The highest BCUT2D eigenvalue weighted by atomic mass is 35.5. The van der Waals surface area contributed by atoms with Crippen LogP contribution in [-0.2, 0) is 16.0 Å². The Kier molecular flexibility index (Phi) is 8.76. The molecule has 5 nitrogen and oxygen atoms in total. The Balaban J connectivity index is 1.50. The molecule has 0 aliphatic heterocycles. The third kappa shape index (κ3) is 6.96. The number of methoxy groups -OCH3 is 1. The van der Waals surface area contributed by atoms with Gasteiger partial charge in [0.25, 0.3) is 0 Å². The van der Waals surface area contributed by atoms with Gasteiger partial charge in [0.05, 0.1) is 13.2 Å². The summed E-state index contributed by atoms with van der Waals surface area (Å²) in [7, 11) is 1.41. The maximum absolute atomic E-state index is 12.2. The Morgan fingerprint density at radius 3 is 2.55 bits per heavy atom. The minimum atomic E-state index is -0.609. The van der Waals surface area contributed by atoms with Crippen LogP contribution in [0.3, 0.4) is 0 Å². The second kappa shape index (κ2) is 11.5. The highest BCUT2D eigenvalue weighted by Gasteiger charge is 2.33. The molecule has 2 aromatic carbocycles. The van der Waals surface area contributed by atoms with Gasteiger partial charge in [0, 0.05) is 23.5 Å². The molecule has 3 rings (SSSR count). The topological polar surface area (TPSA) is 67.8 Å². The van der Waals surface area contributed by atoms with Crippen molar-refractivity contribution in [2.75, 3.05) is 13.7 Å². The number of rotatable bonds is 10. The summed E-state index contributed by atoms with van der Waals surface area (Å²) in [5, 5.41) is 14.3. The molecule has 0 heterocycles. The summed E-state index contributed by atoms with van der Waals surface area (Å²) in [5.74, 6) is 0.609. The van der Waals surface area contributed by atoms with E-state index in [-0.39, 0.29) is 17.9 Å². The number of benzene rings is 2. The van der Waals surface area contributed by atoms with Crippen LogP contribution >= 0.6 is 11.6 Å². The fourth-order valence-electron chi connectivity index (χ4n) is 4.13. The van der Waals surface area contributed by atoms with Crippen molar-refractivity contribution < 1.29 is 19.4 Å². The highest BCUT2D eigenvalue weighted by Crippen LogP contribution is 2.31. The summed E-state index contributed by atoms with van der Waals surface area (Å²) < 4.78 is 11.0. The SMILES string of the molecule is COC(=O)C(Oc1ccc(CC(C)NCC(O)c2cccc(Cl)c2)cc1)C1CCCC1. The predicted octanol–water partition coefficient (Wildman–Crippen LogP) is 4.70. The van der Waals surface area contributed by atoms with Gasteiger partial charge in [0.15, 0.2) is 6.10 Å². The van der Waals surface area contributed by atoms with Crippen LogP contribution in [0.25, 0.3) is 0 Å². The molecular formula is C25H32ClNO4. The van der Waals surface area contributed by atoms with Gasteiger partial charge in [-0.1, -0.05) is 48.7 Å². The van der Waals surface area contributed by atoms with Gasteiger partial charge in [-0.15, -0.1) is 0 Å². The fraction of sp³-hybridized carbons (Fsp3) is 0.480. The van der Waals surface area contributed by atoms with Crippen molar-refractivity contribution in [3.05, 3.63) is 64.7 Å². The normalized spacial score (nSPS) is 17.2. The lowest BCUT2D eigenvalue weighted by Crippen LogP contribution is -2.35. The summed E-state index contributed by atoms with van der Waals surface area (Å²) in [5.41, 5.74) is 1.95. The number of carbonyl (C=O) groups is 1. The molecule has 6 heteroatoms. The second-order valence-electron chi connectivity index (χ2n) is 8.33. The van der Waals surface area contributed by atoms with Gasteiger partial charge in [0.2, 0.25) is 0 Å². The summed E-state index contributed by atoms with van der Waals surface area (Å²) in [6.45, 7) is 2.54. The van der Waals surface area contributed by atoms with E-state index in [1.165, 1.54) is 7.11 Å². The van der Waals surface area contributed by atoms with Crippen LogP contribution in [-0.4, -0.2) is 36.9 Å². The molecule has 0 amide bonds. The average Bonchev–Trinajstić information content (AvgIpc) is 3.31. The van der Waals surface area contributed by atoms with Crippen LogP contribution in [0.4, 0.5) is 0 Å². The molecule has 31 heavy (non-hydrogen) atoms. The molecule has 0 bridgehead atoms. The van der Waals surface area contributed by atoms with Crippen molar-refractivity contribution in [3.63, 3.8) is 0 Å². The first-order valence-electron chi connectivity index (χ1n) is 11.0. The van der Waals surface area contributed by atoms with Gasteiger partial charge in [-0.25, -0.2) is 4.79 Å². The molecular weight excluding hydrogens is 414 g/mol. The monoisotopic (exact) mass is 445 g/mol. The van der Waals surface area contributed by atoms with E-state index < -0.39 is 12.2 Å². The Morgan fingerprint density at radius 2 is 1.90 bits per heavy atom. The summed E-state index contributed by atoms with van der Waals surface area (Å²) in [6.07, 6.45) is 3.94. The molecule has 1 aliphatic rings. The molecule has 3 atom stereocenters. The lowest BCUT2D eigenvalue weighted by molar-refractivity contribution is -0.151. The molecule has 0 spiro atoms.